The van der Waals surface area contributed by atoms with Crippen LogP contribution in [0.2, 0.25) is 0 Å². The van der Waals surface area contributed by atoms with E-state index in [0.29, 0.717) is 12.1 Å². The van der Waals surface area contributed by atoms with Crippen LogP contribution in [0.25, 0.3) is 0 Å². The van der Waals surface area contributed by atoms with Crippen molar-refractivity contribution in [2.75, 3.05) is 13.2 Å². The van der Waals surface area contributed by atoms with Crippen LogP contribution in [0.1, 0.15) is 57.1 Å². The number of nitrogens with zero attached hydrogens (tertiary/aromatic N) is 4. The van der Waals surface area contributed by atoms with Gasteiger partial charge in [0, 0.05) is 32.7 Å². The van der Waals surface area contributed by atoms with Gasteiger partial charge >= 0.3 is 0 Å². The lowest BCUT2D eigenvalue weighted by Crippen LogP contribution is -2.39. The van der Waals surface area contributed by atoms with Gasteiger partial charge in [-0.25, -0.2) is 0 Å². The number of ether oxygens (including phenoxy) is 1. The number of hydrogen-bond donors (Lipinski definition) is 0. The molecule has 0 radical (unpaired) electrons. The first-order valence-electron chi connectivity index (χ1n) is 8.50. The summed E-state index contributed by atoms with van der Waals surface area (Å²) in [7, 11) is 2.09. The van der Waals surface area contributed by atoms with Crippen LogP contribution in [-0.4, -0.2) is 45.0 Å². The Balaban J connectivity index is 1.69. The van der Waals surface area contributed by atoms with Gasteiger partial charge in [0.25, 0.3) is 0 Å². The predicted octanol–water partition coefficient (Wildman–Crippen LogP) is 2.30. The van der Waals surface area contributed by atoms with Gasteiger partial charge < -0.3 is 9.30 Å². The second-order valence-corrected chi connectivity index (χ2v) is 6.45. The van der Waals surface area contributed by atoms with Gasteiger partial charge in [0.1, 0.15) is 11.6 Å². The van der Waals surface area contributed by atoms with Gasteiger partial charge in [0.15, 0.2) is 0 Å². The fourth-order valence-electron chi connectivity index (χ4n) is 3.69. The first kappa shape index (κ1) is 15.0. The normalized spacial score (nSPS) is 23.5. The molecule has 118 valence electrons. The molecule has 1 saturated heterocycles. The van der Waals surface area contributed by atoms with E-state index in [0.717, 1.165) is 37.8 Å². The van der Waals surface area contributed by atoms with Crippen LogP contribution in [0.3, 0.4) is 0 Å². The Labute approximate surface area is 127 Å². The zero-order valence-corrected chi connectivity index (χ0v) is 13.4. The molecule has 0 spiro atoms. The fourth-order valence-corrected chi connectivity index (χ4v) is 3.69. The minimum Gasteiger partial charge on any atom is -0.377 e. The Kier molecular flexibility index (Phi) is 4.91. The van der Waals surface area contributed by atoms with E-state index in [1.807, 2.05) is 0 Å². The largest absolute Gasteiger partial charge is 0.377 e. The van der Waals surface area contributed by atoms with Gasteiger partial charge in [-0.05, 0) is 25.7 Å². The van der Waals surface area contributed by atoms with E-state index < -0.39 is 0 Å². The third-order valence-electron chi connectivity index (χ3n) is 5.02. The Hall–Kier alpha value is -0.940. The van der Waals surface area contributed by atoms with Crippen molar-refractivity contribution in [3.63, 3.8) is 0 Å². The highest BCUT2D eigenvalue weighted by Crippen LogP contribution is 2.26. The van der Waals surface area contributed by atoms with Crippen LogP contribution in [-0.2, 0) is 24.8 Å². The summed E-state index contributed by atoms with van der Waals surface area (Å²) in [4.78, 5) is 2.60. The Morgan fingerprint density at radius 1 is 1.14 bits per heavy atom. The highest BCUT2D eigenvalue weighted by atomic mass is 16.5. The lowest BCUT2D eigenvalue weighted by atomic mass is 10.1. The van der Waals surface area contributed by atoms with Crippen molar-refractivity contribution in [2.45, 2.75) is 70.6 Å². The maximum absolute atomic E-state index is 5.85. The summed E-state index contributed by atoms with van der Waals surface area (Å²) < 4.78 is 8.02. The highest BCUT2D eigenvalue weighted by molar-refractivity contribution is 4.96. The maximum Gasteiger partial charge on any atom is 0.146 e. The van der Waals surface area contributed by atoms with Gasteiger partial charge in [-0.3, -0.25) is 4.90 Å². The topological polar surface area (TPSA) is 43.2 Å². The van der Waals surface area contributed by atoms with E-state index in [1.54, 1.807) is 0 Å². The van der Waals surface area contributed by atoms with Crippen LogP contribution in [0, 0.1) is 0 Å². The molecular weight excluding hydrogens is 264 g/mol. The van der Waals surface area contributed by atoms with Crippen molar-refractivity contribution in [1.82, 2.24) is 19.7 Å². The quantitative estimate of drug-likeness (QED) is 0.807. The summed E-state index contributed by atoms with van der Waals surface area (Å²) >= 11 is 0. The highest BCUT2D eigenvalue weighted by Gasteiger charge is 2.28. The first-order valence-corrected chi connectivity index (χ1v) is 8.50. The molecule has 5 heteroatoms. The molecule has 0 aromatic carbocycles. The van der Waals surface area contributed by atoms with E-state index in [9.17, 15) is 0 Å². The minimum absolute atomic E-state index is 0.421. The summed E-state index contributed by atoms with van der Waals surface area (Å²) in [5.74, 6) is 2.17. The molecule has 0 N–H and O–H groups in total. The monoisotopic (exact) mass is 292 g/mol. The molecule has 21 heavy (non-hydrogen) atoms. The number of aromatic nitrogens is 3. The molecule has 1 atom stereocenters. The van der Waals surface area contributed by atoms with Crippen LogP contribution in [0.15, 0.2) is 0 Å². The SMILES string of the molecule is CCc1nnc(CN(CC2CCCO2)C2CCCC2)n1C. The summed E-state index contributed by atoms with van der Waals surface area (Å²) in [5, 5.41) is 8.70. The molecule has 1 saturated carbocycles. The van der Waals surface area contributed by atoms with Crippen molar-refractivity contribution < 1.29 is 4.74 Å². The van der Waals surface area contributed by atoms with Gasteiger partial charge in [0.2, 0.25) is 0 Å². The Morgan fingerprint density at radius 3 is 2.52 bits per heavy atom. The standard InChI is InChI=1S/C16H28N4O/c1-3-15-17-18-16(19(15)2)12-20(13-7-4-5-8-13)11-14-9-6-10-21-14/h13-14H,3-12H2,1-2H3. The van der Waals surface area contributed by atoms with Gasteiger partial charge in [-0.15, -0.1) is 10.2 Å². The van der Waals surface area contributed by atoms with E-state index >= 15 is 0 Å². The van der Waals surface area contributed by atoms with E-state index in [1.165, 1.54) is 38.5 Å². The third kappa shape index (κ3) is 3.46. The maximum atomic E-state index is 5.85. The third-order valence-corrected chi connectivity index (χ3v) is 5.02. The van der Waals surface area contributed by atoms with E-state index in [-0.39, 0.29) is 0 Å². The summed E-state index contributed by atoms with van der Waals surface area (Å²) in [5.41, 5.74) is 0. The van der Waals surface area contributed by atoms with Crippen LogP contribution in [0.4, 0.5) is 0 Å². The van der Waals surface area contributed by atoms with Gasteiger partial charge in [-0.2, -0.15) is 0 Å². The average molecular weight is 292 g/mol. The number of aryl methyl sites for hydroxylation is 1. The van der Waals surface area contributed by atoms with Crippen LogP contribution < -0.4 is 0 Å². The minimum atomic E-state index is 0.421. The summed E-state index contributed by atoms with van der Waals surface area (Å²) in [6.45, 7) is 5.04. The van der Waals surface area contributed by atoms with Crippen molar-refractivity contribution in [1.29, 1.82) is 0 Å². The summed E-state index contributed by atoms with van der Waals surface area (Å²) in [6, 6.07) is 0.705. The molecule has 1 aliphatic heterocycles. The van der Waals surface area contributed by atoms with Crippen molar-refractivity contribution in [2.24, 2.45) is 7.05 Å². The second kappa shape index (κ2) is 6.88. The van der Waals surface area contributed by atoms with Gasteiger partial charge in [-0.1, -0.05) is 19.8 Å². The zero-order chi connectivity index (χ0) is 14.7. The molecule has 2 aliphatic rings. The molecule has 1 aromatic rings. The molecular formula is C16H28N4O. The lowest BCUT2D eigenvalue weighted by molar-refractivity contribution is 0.0526. The first-order chi connectivity index (χ1) is 10.3. The zero-order valence-electron chi connectivity index (χ0n) is 13.4. The molecule has 1 unspecified atom stereocenters. The molecule has 0 amide bonds. The number of rotatable bonds is 6. The van der Waals surface area contributed by atoms with Gasteiger partial charge in [0.05, 0.1) is 12.6 Å². The van der Waals surface area contributed by atoms with Crippen molar-refractivity contribution >= 4 is 0 Å². The molecule has 5 nitrogen and oxygen atoms in total. The molecule has 1 aliphatic carbocycles. The lowest BCUT2D eigenvalue weighted by Gasteiger charge is -2.30. The predicted molar refractivity (Wildman–Crippen MR) is 82.0 cm³/mol. The Bertz CT molecular complexity index is 447. The molecule has 1 aromatic heterocycles. The van der Waals surface area contributed by atoms with Crippen LogP contribution in [0.5, 0.6) is 0 Å². The molecule has 2 heterocycles. The second-order valence-electron chi connectivity index (χ2n) is 6.45. The molecule has 2 fully saturated rings. The van der Waals surface area contributed by atoms with Crippen molar-refractivity contribution in [3.05, 3.63) is 11.6 Å². The smallest absolute Gasteiger partial charge is 0.146 e. The summed E-state index contributed by atoms with van der Waals surface area (Å²) in [6.07, 6.45) is 9.17. The molecule has 0 bridgehead atoms. The van der Waals surface area contributed by atoms with Crippen LogP contribution >= 0.6 is 0 Å². The molecule has 3 rings (SSSR count). The Morgan fingerprint density at radius 2 is 1.90 bits per heavy atom. The fraction of sp³-hybridized carbons (Fsp3) is 0.875. The van der Waals surface area contributed by atoms with E-state index in [4.69, 9.17) is 4.74 Å². The average Bonchev–Trinajstić information content (AvgIpc) is 3.21. The van der Waals surface area contributed by atoms with E-state index in [2.05, 4.69) is 33.6 Å². The number of hydrogen-bond acceptors (Lipinski definition) is 4. The van der Waals surface area contributed by atoms with Crippen molar-refractivity contribution in [3.8, 4) is 0 Å².